The summed E-state index contributed by atoms with van der Waals surface area (Å²) in [6.45, 7) is 2.77. The quantitative estimate of drug-likeness (QED) is 0.783. The van der Waals surface area contributed by atoms with E-state index in [1.54, 1.807) is 11.8 Å². The third-order valence-corrected chi connectivity index (χ3v) is 5.49. The predicted molar refractivity (Wildman–Crippen MR) is 74.3 cm³/mol. The van der Waals surface area contributed by atoms with Crippen LogP contribution in [0.2, 0.25) is 0 Å². The number of aryl methyl sites for hydroxylation is 1. The van der Waals surface area contributed by atoms with Crippen molar-refractivity contribution in [2.45, 2.75) is 30.8 Å². The highest BCUT2D eigenvalue weighted by atomic mass is 79.9. The van der Waals surface area contributed by atoms with Crippen LogP contribution in [0.4, 0.5) is 0 Å². The molecule has 112 valence electrons. The Balaban J connectivity index is 2.07. The zero-order valence-corrected chi connectivity index (χ0v) is 13.6. The number of aromatic nitrogens is 3. The van der Waals surface area contributed by atoms with E-state index < -0.39 is 10.0 Å². The molecular formula is C10H16BrN5O3S. The Morgan fingerprint density at radius 1 is 1.50 bits per heavy atom. The Kier molecular flexibility index (Phi) is 4.45. The first-order valence-corrected chi connectivity index (χ1v) is 8.44. The van der Waals surface area contributed by atoms with Gasteiger partial charge in [0.1, 0.15) is 0 Å². The van der Waals surface area contributed by atoms with Gasteiger partial charge in [-0.1, -0.05) is 5.21 Å². The molecule has 1 aromatic heterocycles. The summed E-state index contributed by atoms with van der Waals surface area (Å²) in [4.78, 5) is 13.2. The van der Waals surface area contributed by atoms with Crippen LogP contribution in [0.25, 0.3) is 0 Å². The lowest BCUT2D eigenvalue weighted by Gasteiger charge is -2.21. The van der Waals surface area contributed by atoms with Gasteiger partial charge in [-0.2, -0.15) is 0 Å². The van der Waals surface area contributed by atoms with Crippen molar-refractivity contribution in [3.05, 3.63) is 4.60 Å². The molecule has 0 spiro atoms. The Labute approximate surface area is 125 Å². The van der Waals surface area contributed by atoms with Crippen molar-refractivity contribution in [2.24, 2.45) is 7.05 Å². The van der Waals surface area contributed by atoms with Gasteiger partial charge in [0.2, 0.25) is 10.9 Å². The van der Waals surface area contributed by atoms with Gasteiger partial charge in [-0.3, -0.25) is 4.79 Å². The van der Waals surface area contributed by atoms with Crippen molar-refractivity contribution >= 4 is 31.9 Å². The maximum atomic E-state index is 12.3. The molecule has 1 aliphatic rings. The standard InChI is InChI=1S/C10H16BrN5O3S/c1-7(6-16-5-3-4-8(16)17)13-20(18,19)10-9(11)12-14-15(10)2/h7,13H,3-6H2,1-2H3. The Morgan fingerprint density at radius 2 is 2.20 bits per heavy atom. The first-order valence-electron chi connectivity index (χ1n) is 6.16. The molecule has 1 unspecified atom stereocenters. The Morgan fingerprint density at radius 3 is 2.70 bits per heavy atom. The summed E-state index contributed by atoms with van der Waals surface area (Å²) in [5.74, 6) is 0.0689. The highest BCUT2D eigenvalue weighted by molar-refractivity contribution is 9.10. The number of nitrogens with zero attached hydrogens (tertiary/aromatic N) is 4. The molecule has 1 aromatic rings. The second-order valence-electron chi connectivity index (χ2n) is 4.77. The van der Waals surface area contributed by atoms with E-state index in [9.17, 15) is 13.2 Å². The molecule has 0 bridgehead atoms. The molecule has 10 heteroatoms. The monoisotopic (exact) mass is 365 g/mol. The SMILES string of the molecule is CC(CN1CCCC1=O)NS(=O)(=O)c1c(Br)nnn1C. The molecule has 1 fully saturated rings. The number of likely N-dealkylation sites (tertiary alicyclic amines) is 1. The molecule has 0 saturated carbocycles. The van der Waals surface area contributed by atoms with Crippen molar-refractivity contribution < 1.29 is 13.2 Å². The van der Waals surface area contributed by atoms with Gasteiger partial charge >= 0.3 is 0 Å². The molecule has 0 aliphatic carbocycles. The zero-order chi connectivity index (χ0) is 14.9. The molecule has 1 N–H and O–H groups in total. The van der Waals surface area contributed by atoms with E-state index in [1.165, 1.54) is 11.7 Å². The molecule has 1 aliphatic heterocycles. The van der Waals surface area contributed by atoms with Crippen molar-refractivity contribution in [3.63, 3.8) is 0 Å². The number of sulfonamides is 1. The summed E-state index contributed by atoms with van der Waals surface area (Å²) in [7, 11) is -2.23. The topological polar surface area (TPSA) is 97.2 Å². The maximum Gasteiger partial charge on any atom is 0.260 e. The van der Waals surface area contributed by atoms with E-state index in [1.807, 2.05) is 0 Å². The largest absolute Gasteiger partial charge is 0.341 e. The third-order valence-electron chi connectivity index (χ3n) is 3.01. The highest BCUT2D eigenvalue weighted by Crippen LogP contribution is 2.18. The Hall–Kier alpha value is -1.00. The van der Waals surface area contributed by atoms with Gasteiger partial charge in [0.15, 0.2) is 4.60 Å². The fourth-order valence-electron chi connectivity index (χ4n) is 2.19. The first-order chi connectivity index (χ1) is 9.31. The van der Waals surface area contributed by atoms with Gasteiger partial charge in [-0.25, -0.2) is 17.8 Å². The second kappa shape index (κ2) is 5.78. The molecule has 20 heavy (non-hydrogen) atoms. The molecule has 2 rings (SSSR count). The van der Waals surface area contributed by atoms with E-state index in [2.05, 4.69) is 31.0 Å². The van der Waals surface area contributed by atoms with E-state index >= 15 is 0 Å². The number of amides is 1. The van der Waals surface area contributed by atoms with Crippen LogP contribution in [0.3, 0.4) is 0 Å². The first kappa shape index (κ1) is 15.4. The maximum absolute atomic E-state index is 12.3. The van der Waals surface area contributed by atoms with Gasteiger partial charge in [-0.15, -0.1) is 5.10 Å². The van der Waals surface area contributed by atoms with E-state index in [-0.39, 0.29) is 21.6 Å². The minimum absolute atomic E-state index is 0.0305. The summed E-state index contributed by atoms with van der Waals surface area (Å²) < 4.78 is 28.4. The van der Waals surface area contributed by atoms with Crippen LogP contribution in [0.5, 0.6) is 0 Å². The van der Waals surface area contributed by atoms with Gasteiger partial charge in [-0.05, 0) is 29.3 Å². The van der Waals surface area contributed by atoms with Crippen LogP contribution in [0.1, 0.15) is 19.8 Å². The van der Waals surface area contributed by atoms with E-state index in [0.29, 0.717) is 19.5 Å². The lowest BCUT2D eigenvalue weighted by Crippen LogP contribution is -2.42. The molecule has 0 aromatic carbocycles. The number of hydrogen-bond acceptors (Lipinski definition) is 5. The normalized spacial score (nSPS) is 17.8. The number of halogens is 1. The van der Waals surface area contributed by atoms with Crippen LogP contribution >= 0.6 is 15.9 Å². The van der Waals surface area contributed by atoms with Crippen molar-refractivity contribution in [1.82, 2.24) is 24.6 Å². The van der Waals surface area contributed by atoms with Gasteiger partial charge in [0, 0.05) is 32.6 Å². The number of rotatable bonds is 5. The van der Waals surface area contributed by atoms with E-state index in [0.717, 1.165) is 6.42 Å². The lowest BCUT2D eigenvalue weighted by atomic mass is 10.3. The third kappa shape index (κ3) is 3.18. The lowest BCUT2D eigenvalue weighted by molar-refractivity contribution is -0.127. The molecule has 1 saturated heterocycles. The summed E-state index contributed by atoms with van der Waals surface area (Å²) in [5, 5.41) is 7.26. The van der Waals surface area contributed by atoms with Crippen LogP contribution in [0, 0.1) is 0 Å². The number of carbonyl (C=O) groups is 1. The summed E-state index contributed by atoms with van der Waals surface area (Å²) >= 11 is 3.06. The van der Waals surface area contributed by atoms with Crippen LogP contribution in [0.15, 0.2) is 9.63 Å². The summed E-state index contributed by atoms with van der Waals surface area (Å²) in [5.41, 5.74) is 0. The van der Waals surface area contributed by atoms with Gasteiger partial charge in [0.05, 0.1) is 0 Å². The number of carbonyl (C=O) groups excluding carboxylic acids is 1. The van der Waals surface area contributed by atoms with Crippen molar-refractivity contribution in [3.8, 4) is 0 Å². The Bertz CT molecular complexity index is 595. The minimum atomic E-state index is -3.73. The zero-order valence-electron chi connectivity index (χ0n) is 11.2. The fraction of sp³-hybridized carbons (Fsp3) is 0.700. The van der Waals surface area contributed by atoms with Crippen molar-refractivity contribution in [2.75, 3.05) is 13.1 Å². The smallest absolute Gasteiger partial charge is 0.260 e. The van der Waals surface area contributed by atoms with Crippen LogP contribution in [-0.2, 0) is 21.9 Å². The predicted octanol–water partition coefficient (Wildman–Crippen LogP) is -0.133. The molecule has 8 nitrogen and oxygen atoms in total. The average Bonchev–Trinajstić information content (AvgIpc) is 2.85. The van der Waals surface area contributed by atoms with Crippen LogP contribution in [-0.4, -0.2) is 53.4 Å². The molecule has 1 atom stereocenters. The number of hydrogen-bond donors (Lipinski definition) is 1. The van der Waals surface area contributed by atoms with Crippen molar-refractivity contribution in [1.29, 1.82) is 0 Å². The van der Waals surface area contributed by atoms with Crippen LogP contribution < -0.4 is 4.72 Å². The number of nitrogens with one attached hydrogen (secondary N) is 1. The molecule has 2 heterocycles. The summed E-state index contributed by atoms with van der Waals surface area (Å²) in [6, 6.07) is -0.385. The average molecular weight is 366 g/mol. The van der Waals surface area contributed by atoms with E-state index in [4.69, 9.17) is 0 Å². The van der Waals surface area contributed by atoms with Gasteiger partial charge in [0.25, 0.3) is 10.0 Å². The second-order valence-corrected chi connectivity index (χ2v) is 7.16. The highest BCUT2D eigenvalue weighted by Gasteiger charge is 2.28. The molecule has 0 radical (unpaired) electrons. The summed E-state index contributed by atoms with van der Waals surface area (Å²) in [6.07, 6.45) is 1.37. The minimum Gasteiger partial charge on any atom is -0.341 e. The van der Waals surface area contributed by atoms with Gasteiger partial charge < -0.3 is 4.90 Å². The molecular weight excluding hydrogens is 350 g/mol. The molecule has 1 amide bonds. The fourth-order valence-corrected chi connectivity index (χ4v) is 4.52.